The smallest absolute Gasteiger partial charge is 0.229 e. The lowest BCUT2D eigenvalue weighted by molar-refractivity contribution is -0.130. The second-order valence-corrected chi connectivity index (χ2v) is 9.67. The summed E-state index contributed by atoms with van der Waals surface area (Å²) in [6, 6.07) is 8.41. The first-order valence-corrected chi connectivity index (χ1v) is 12.5. The lowest BCUT2D eigenvalue weighted by atomic mass is 9.93. The summed E-state index contributed by atoms with van der Waals surface area (Å²) in [6.45, 7) is 4.32. The second-order valence-electron chi connectivity index (χ2n) is 9.26. The SMILES string of the molecule is CC(=O)N1CCC(CCNc2ccc3cc2CCc2cncc(c2)Nc2ncc(Cl)c(n2)N3)CC1. The van der Waals surface area contributed by atoms with Crippen molar-refractivity contribution in [1.29, 1.82) is 0 Å². The summed E-state index contributed by atoms with van der Waals surface area (Å²) in [5.74, 6) is 1.85. The Morgan fingerprint density at radius 1 is 1.11 bits per heavy atom. The van der Waals surface area contributed by atoms with Gasteiger partial charge in [0.25, 0.3) is 0 Å². The molecule has 0 unspecified atom stereocenters. The van der Waals surface area contributed by atoms with Gasteiger partial charge in [-0.15, -0.1) is 0 Å². The largest absolute Gasteiger partial charge is 0.385 e. The summed E-state index contributed by atoms with van der Waals surface area (Å²) in [5.41, 5.74) is 5.28. The number of rotatable bonds is 4. The van der Waals surface area contributed by atoms with Gasteiger partial charge < -0.3 is 20.9 Å². The predicted octanol–water partition coefficient (Wildman–Crippen LogP) is 5.17. The Hall–Kier alpha value is -3.39. The molecule has 35 heavy (non-hydrogen) atoms. The zero-order valence-corrected chi connectivity index (χ0v) is 20.6. The number of aromatic nitrogens is 3. The second kappa shape index (κ2) is 10.5. The van der Waals surface area contributed by atoms with E-state index in [2.05, 4.69) is 49.1 Å². The Morgan fingerprint density at radius 2 is 1.97 bits per heavy atom. The maximum atomic E-state index is 11.6. The average molecular weight is 492 g/mol. The normalized spacial score (nSPS) is 15.7. The summed E-state index contributed by atoms with van der Waals surface area (Å²) in [5, 5.41) is 10.7. The molecule has 8 nitrogen and oxygen atoms in total. The molecule has 2 aliphatic heterocycles. The van der Waals surface area contributed by atoms with Gasteiger partial charge in [-0.05, 0) is 73.4 Å². The molecule has 0 atom stereocenters. The summed E-state index contributed by atoms with van der Waals surface area (Å²) < 4.78 is 0. The zero-order chi connectivity index (χ0) is 24.2. The summed E-state index contributed by atoms with van der Waals surface area (Å²) in [6.07, 6.45) is 10.3. The van der Waals surface area contributed by atoms with Gasteiger partial charge in [0.2, 0.25) is 11.9 Å². The van der Waals surface area contributed by atoms with Gasteiger partial charge in [-0.2, -0.15) is 4.98 Å². The van der Waals surface area contributed by atoms with Gasteiger partial charge >= 0.3 is 0 Å². The van der Waals surface area contributed by atoms with Crippen LogP contribution >= 0.6 is 11.6 Å². The van der Waals surface area contributed by atoms with E-state index in [0.29, 0.717) is 22.7 Å². The van der Waals surface area contributed by atoms with Crippen LogP contribution in [0, 0.1) is 5.92 Å². The van der Waals surface area contributed by atoms with E-state index >= 15 is 0 Å². The molecule has 6 bridgehead atoms. The van der Waals surface area contributed by atoms with Gasteiger partial charge in [0.1, 0.15) is 5.02 Å². The summed E-state index contributed by atoms with van der Waals surface area (Å²) in [4.78, 5) is 26.8. The molecule has 1 saturated heterocycles. The van der Waals surface area contributed by atoms with Crippen molar-refractivity contribution in [3.63, 3.8) is 0 Å². The molecule has 1 aromatic carbocycles. The molecule has 3 aromatic rings. The van der Waals surface area contributed by atoms with Gasteiger partial charge in [0.05, 0.1) is 18.1 Å². The highest BCUT2D eigenvalue weighted by atomic mass is 35.5. The maximum Gasteiger partial charge on any atom is 0.229 e. The molecule has 2 aromatic heterocycles. The number of hydrogen-bond acceptors (Lipinski definition) is 7. The first kappa shape index (κ1) is 23.4. The van der Waals surface area contributed by atoms with Crippen LogP contribution in [-0.2, 0) is 17.6 Å². The van der Waals surface area contributed by atoms with Crippen molar-refractivity contribution >= 4 is 46.3 Å². The number of pyridine rings is 1. The fourth-order valence-corrected chi connectivity index (χ4v) is 4.89. The number of piperidine rings is 1. The van der Waals surface area contributed by atoms with Crippen LogP contribution in [0.15, 0.2) is 42.9 Å². The molecule has 3 N–H and O–H groups in total. The van der Waals surface area contributed by atoms with Crippen molar-refractivity contribution in [2.45, 2.75) is 39.0 Å². The third-order valence-electron chi connectivity index (χ3n) is 6.77. The Kier molecular flexibility index (Phi) is 6.99. The minimum absolute atomic E-state index is 0.186. The number of amides is 1. The minimum atomic E-state index is 0.186. The molecular weight excluding hydrogens is 462 g/mol. The average Bonchev–Trinajstić information content (AvgIpc) is 2.86. The number of carbonyl (C=O) groups is 1. The van der Waals surface area contributed by atoms with Crippen molar-refractivity contribution in [2.75, 3.05) is 35.6 Å². The van der Waals surface area contributed by atoms with Crippen LogP contribution in [0.5, 0.6) is 0 Å². The number of nitrogens with one attached hydrogen (secondary N) is 3. The van der Waals surface area contributed by atoms with Crippen LogP contribution in [0.4, 0.5) is 28.8 Å². The van der Waals surface area contributed by atoms with Crippen LogP contribution in [0.3, 0.4) is 0 Å². The molecular formula is C26H30ClN7O. The number of hydrogen-bond donors (Lipinski definition) is 3. The number of carbonyl (C=O) groups excluding carboxylic acids is 1. The van der Waals surface area contributed by atoms with Crippen molar-refractivity contribution in [1.82, 2.24) is 19.9 Å². The Morgan fingerprint density at radius 3 is 2.80 bits per heavy atom. The third-order valence-corrected chi connectivity index (χ3v) is 7.05. The molecule has 0 spiro atoms. The number of benzene rings is 1. The number of halogens is 1. The van der Waals surface area contributed by atoms with Gasteiger partial charge in [-0.1, -0.05) is 11.6 Å². The van der Waals surface area contributed by atoms with Crippen molar-refractivity contribution in [2.24, 2.45) is 5.92 Å². The van der Waals surface area contributed by atoms with Crippen LogP contribution in [0.2, 0.25) is 5.02 Å². The number of aryl methyl sites for hydroxylation is 2. The lowest BCUT2D eigenvalue weighted by Crippen LogP contribution is -2.37. The van der Waals surface area contributed by atoms with Gasteiger partial charge in [0, 0.05) is 44.1 Å². The molecule has 5 rings (SSSR count). The zero-order valence-electron chi connectivity index (χ0n) is 19.9. The van der Waals surface area contributed by atoms with Crippen molar-refractivity contribution in [3.05, 3.63) is 59.0 Å². The highest BCUT2D eigenvalue weighted by Gasteiger charge is 2.20. The van der Waals surface area contributed by atoms with Crippen LogP contribution in [-0.4, -0.2) is 45.4 Å². The lowest BCUT2D eigenvalue weighted by Gasteiger charge is -2.31. The fraction of sp³-hybridized carbons (Fsp3) is 0.385. The maximum absolute atomic E-state index is 11.6. The first-order valence-electron chi connectivity index (χ1n) is 12.2. The van der Waals surface area contributed by atoms with Crippen molar-refractivity contribution in [3.8, 4) is 0 Å². The van der Waals surface area contributed by atoms with E-state index < -0.39 is 0 Å². The Bertz CT molecular complexity index is 1210. The topological polar surface area (TPSA) is 95.1 Å². The first-order chi connectivity index (χ1) is 17.0. The molecule has 1 fully saturated rings. The van der Waals surface area contributed by atoms with Gasteiger partial charge in [-0.3, -0.25) is 9.78 Å². The summed E-state index contributed by atoms with van der Waals surface area (Å²) in [7, 11) is 0. The highest BCUT2D eigenvalue weighted by molar-refractivity contribution is 6.32. The highest BCUT2D eigenvalue weighted by Crippen LogP contribution is 2.29. The van der Waals surface area contributed by atoms with Crippen molar-refractivity contribution < 1.29 is 4.79 Å². The minimum Gasteiger partial charge on any atom is -0.385 e. The molecule has 1 amide bonds. The Balaban J connectivity index is 1.32. The van der Waals surface area contributed by atoms with E-state index in [9.17, 15) is 4.79 Å². The van der Waals surface area contributed by atoms with Crippen LogP contribution in [0.1, 0.15) is 37.3 Å². The monoisotopic (exact) mass is 491 g/mol. The van der Waals surface area contributed by atoms with E-state index in [1.165, 1.54) is 5.56 Å². The standard InChI is InChI=1S/C26H30ClN7O/c1-17(35)34-10-7-18(8-11-34)6-9-29-24-5-4-21-13-20(24)3-2-19-12-22(15-28-14-19)32-26-30-16-23(27)25(31-21)33-26/h4-5,12-16,18,29H,2-3,6-11H2,1H3,(H2,30,31,32,33). The van der Waals surface area contributed by atoms with E-state index in [-0.39, 0.29) is 5.91 Å². The molecule has 0 saturated carbocycles. The van der Waals surface area contributed by atoms with E-state index in [4.69, 9.17) is 11.6 Å². The molecule has 0 aliphatic carbocycles. The molecule has 4 heterocycles. The molecule has 9 heteroatoms. The summed E-state index contributed by atoms with van der Waals surface area (Å²) >= 11 is 6.37. The van der Waals surface area contributed by atoms with E-state index in [0.717, 1.165) is 74.4 Å². The molecule has 0 radical (unpaired) electrons. The Labute approximate surface area is 210 Å². The molecule has 182 valence electrons. The van der Waals surface area contributed by atoms with Gasteiger partial charge in [-0.25, -0.2) is 4.98 Å². The quantitative estimate of drug-likeness (QED) is 0.463. The van der Waals surface area contributed by atoms with Crippen LogP contribution < -0.4 is 16.0 Å². The third kappa shape index (κ3) is 5.82. The number of fused-ring (bicyclic) bond motifs is 6. The fourth-order valence-electron chi connectivity index (χ4n) is 4.75. The van der Waals surface area contributed by atoms with Gasteiger partial charge in [0.15, 0.2) is 5.82 Å². The number of nitrogens with zero attached hydrogens (tertiary/aromatic N) is 4. The van der Waals surface area contributed by atoms with Crippen LogP contribution in [0.25, 0.3) is 0 Å². The van der Waals surface area contributed by atoms with E-state index in [1.807, 2.05) is 17.2 Å². The van der Waals surface area contributed by atoms with E-state index in [1.54, 1.807) is 19.3 Å². The molecule has 2 aliphatic rings. The number of anilines is 5. The number of likely N-dealkylation sites (tertiary alicyclic amines) is 1. The predicted molar refractivity (Wildman–Crippen MR) is 140 cm³/mol.